The molecule has 0 atom stereocenters. The zero-order valence-corrected chi connectivity index (χ0v) is 26.0. The second-order valence-electron chi connectivity index (χ2n) is 12.0. The molecule has 9 rings (SSSR count). The maximum absolute atomic E-state index is 5.97. The molecular weight excluding hydrogens is 587 g/mol. The van der Waals surface area contributed by atoms with Gasteiger partial charge in [-0.25, -0.2) is 4.98 Å². The average molecular weight is 616 g/mol. The predicted molar refractivity (Wildman–Crippen MR) is 198 cm³/mol. The Kier molecular flexibility index (Phi) is 6.76. The van der Waals surface area contributed by atoms with Gasteiger partial charge in [0.05, 0.1) is 0 Å². The molecule has 0 unspecified atom stereocenters. The molecule has 4 nitrogen and oxygen atoms in total. The van der Waals surface area contributed by atoms with Gasteiger partial charge in [-0.15, -0.1) is 0 Å². The number of rotatable bonds is 6. The second kappa shape index (κ2) is 11.7. The van der Waals surface area contributed by atoms with Crippen LogP contribution < -0.4 is 4.90 Å². The molecule has 226 valence electrons. The van der Waals surface area contributed by atoms with E-state index in [2.05, 4.69) is 154 Å². The summed E-state index contributed by atoms with van der Waals surface area (Å²) in [5.74, 6) is 0.634. The minimum Gasteiger partial charge on any atom is -0.436 e. The average Bonchev–Trinajstić information content (AvgIpc) is 3.60. The molecule has 2 aromatic heterocycles. The van der Waals surface area contributed by atoms with Crippen LogP contribution in [-0.2, 0) is 0 Å². The molecule has 0 amide bonds. The van der Waals surface area contributed by atoms with E-state index < -0.39 is 0 Å². The molecule has 0 aliphatic rings. The number of oxazole rings is 1. The van der Waals surface area contributed by atoms with E-state index in [-0.39, 0.29) is 0 Å². The SMILES string of the molecule is c1ccc(N(c2ccc(-c3ccc(-c4nc5ccccc5o4)cc3)cc2)c2ccc(-c3ccc4cc5cnccc5cc4c3)cc2)cc1. The normalized spacial score (nSPS) is 11.3. The quantitative estimate of drug-likeness (QED) is 0.175. The molecule has 0 aliphatic carbocycles. The number of nitrogens with zero attached hydrogens (tertiary/aromatic N) is 3. The van der Waals surface area contributed by atoms with Crippen molar-refractivity contribution in [3.63, 3.8) is 0 Å². The maximum Gasteiger partial charge on any atom is 0.227 e. The lowest BCUT2D eigenvalue weighted by molar-refractivity contribution is 0.620. The Labute approximate surface area is 278 Å². The van der Waals surface area contributed by atoms with Crippen LogP contribution in [0.3, 0.4) is 0 Å². The summed E-state index contributed by atoms with van der Waals surface area (Å²) < 4.78 is 5.97. The Hall–Kier alpha value is -6.52. The molecule has 4 heteroatoms. The Balaban J connectivity index is 1.01. The van der Waals surface area contributed by atoms with Crippen LogP contribution in [0.4, 0.5) is 17.1 Å². The Morgan fingerprint density at radius 2 is 0.979 bits per heavy atom. The van der Waals surface area contributed by atoms with Gasteiger partial charge in [-0.3, -0.25) is 4.98 Å². The summed E-state index contributed by atoms with van der Waals surface area (Å²) in [7, 11) is 0. The van der Waals surface area contributed by atoms with Crippen molar-refractivity contribution in [2.24, 2.45) is 0 Å². The third kappa shape index (κ3) is 5.16. The predicted octanol–water partition coefficient (Wildman–Crippen LogP) is 12.0. The number of para-hydroxylation sites is 3. The number of hydrogen-bond donors (Lipinski definition) is 0. The van der Waals surface area contributed by atoms with Gasteiger partial charge in [0.15, 0.2) is 5.58 Å². The first-order valence-electron chi connectivity index (χ1n) is 16.0. The number of pyridine rings is 1. The van der Waals surface area contributed by atoms with E-state index in [1.807, 2.05) is 36.7 Å². The molecule has 0 fully saturated rings. The highest BCUT2D eigenvalue weighted by molar-refractivity contribution is 5.99. The Morgan fingerprint density at radius 3 is 1.71 bits per heavy atom. The summed E-state index contributed by atoms with van der Waals surface area (Å²) >= 11 is 0. The number of anilines is 3. The summed E-state index contributed by atoms with van der Waals surface area (Å²) in [6, 6.07) is 57.5. The number of aromatic nitrogens is 2. The van der Waals surface area contributed by atoms with Gasteiger partial charge >= 0.3 is 0 Å². The zero-order valence-electron chi connectivity index (χ0n) is 26.0. The first-order valence-corrected chi connectivity index (χ1v) is 16.0. The van der Waals surface area contributed by atoms with E-state index in [1.54, 1.807) is 0 Å². The van der Waals surface area contributed by atoms with Gasteiger partial charge in [0, 0.05) is 40.4 Å². The van der Waals surface area contributed by atoms with Crippen LogP contribution in [-0.4, -0.2) is 9.97 Å². The first-order chi connectivity index (χ1) is 23.7. The van der Waals surface area contributed by atoms with Gasteiger partial charge in [-0.1, -0.05) is 78.9 Å². The van der Waals surface area contributed by atoms with Crippen LogP contribution in [0.1, 0.15) is 0 Å². The standard InChI is InChI=1S/C44H29N3O/c1-2-6-39(7-3-1)47(41-22-18-32(19-23-41)34-14-15-35-28-38-29-45-25-24-36(38)27-37(35)26-34)40-20-16-31(17-21-40)30-10-12-33(13-11-30)44-46-42-8-4-5-9-43(42)48-44/h1-29H. The minimum absolute atomic E-state index is 0.634. The zero-order chi connectivity index (χ0) is 31.9. The molecule has 0 N–H and O–H groups in total. The van der Waals surface area contributed by atoms with E-state index >= 15 is 0 Å². The third-order valence-electron chi connectivity index (χ3n) is 8.95. The molecule has 48 heavy (non-hydrogen) atoms. The Bertz CT molecular complexity index is 2500. The van der Waals surface area contributed by atoms with E-state index in [0.717, 1.165) is 50.2 Å². The molecule has 0 saturated heterocycles. The van der Waals surface area contributed by atoms with Crippen LogP contribution >= 0.6 is 0 Å². The second-order valence-corrected chi connectivity index (χ2v) is 12.0. The molecule has 2 heterocycles. The summed E-state index contributed by atoms with van der Waals surface area (Å²) in [5, 5.41) is 4.80. The van der Waals surface area contributed by atoms with Crippen molar-refractivity contribution in [1.82, 2.24) is 9.97 Å². The highest BCUT2D eigenvalue weighted by Crippen LogP contribution is 2.37. The lowest BCUT2D eigenvalue weighted by atomic mass is 9.99. The minimum atomic E-state index is 0.634. The lowest BCUT2D eigenvalue weighted by Gasteiger charge is -2.26. The highest BCUT2D eigenvalue weighted by atomic mass is 16.3. The fourth-order valence-corrected chi connectivity index (χ4v) is 6.45. The van der Waals surface area contributed by atoms with Gasteiger partial charge in [-0.2, -0.15) is 0 Å². The van der Waals surface area contributed by atoms with Gasteiger partial charge in [0.25, 0.3) is 0 Å². The summed E-state index contributed by atoms with van der Waals surface area (Å²) in [4.78, 5) is 11.2. The largest absolute Gasteiger partial charge is 0.436 e. The maximum atomic E-state index is 5.97. The van der Waals surface area contributed by atoms with Gasteiger partial charge in [0.2, 0.25) is 5.89 Å². The molecule has 0 saturated carbocycles. The van der Waals surface area contributed by atoms with E-state index in [9.17, 15) is 0 Å². The van der Waals surface area contributed by atoms with Crippen molar-refractivity contribution in [2.45, 2.75) is 0 Å². The van der Waals surface area contributed by atoms with Crippen molar-refractivity contribution < 1.29 is 4.42 Å². The van der Waals surface area contributed by atoms with Crippen LogP contribution in [0.25, 0.3) is 66.4 Å². The lowest BCUT2D eigenvalue weighted by Crippen LogP contribution is -2.09. The van der Waals surface area contributed by atoms with E-state index in [1.165, 1.54) is 27.3 Å². The fraction of sp³-hybridized carbons (Fsp3) is 0. The topological polar surface area (TPSA) is 42.2 Å². The van der Waals surface area contributed by atoms with Crippen LogP contribution in [0.15, 0.2) is 181 Å². The molecule has 0 radical (unpaired) electrons. The smallest absolute Gasteiger partial charge is 0.227 e. The first kappa shape index (κ1) is 27.8. The monoisotopic (exact) mass is 615 g/mol. The van der Waals surface area contributed by atoms with Gasteiger partial charge in [-0.05, 0) is 123 Å². The summed E-state index contributed by atoms with van der Waals surface area (Å²) in [5.41, 5.74) is 10.6. The van der Waals surface area contributed by atoms with Crippen molar-refractivity contribution in [1.29, 1.82) is 0 Å². The summed E-state index contributed by atoms with van der Waals surface area (Å²) in [6.45, 7) is 0. The third-order valence-corrected chi connectivity index (χ3v) is 8.95. The van der Waals surface area contributed by atoms with Crippen LogP contribution in [0.5, 0.6) is 0 Å². The van der Waals surface area contributed by atoms with Crippen molar-refractivity contribution in [2.75, 3.05) is 4.90 Å². The van der Waals surface area contributed by atoms with Crippen LogP contribution in [0, 0.1) is 0 Å². The Morgan fingerprint density at radius 1 is 0.417 bits per heavy atom. The fourth-order valence-electron chi connectivity index (χ4n) is 6.45. The van der Waals surface area contributed by atoms with Crippen molar-refractivity contribution >= 4 is 49.7 Å². The van der Waals surface area contributed by atoms with E-state index in [0.29, 0.717) is 5.89 Å². The van der Waals surface area contributed by atoms with Gasteiger partial charge in [0.1, 0.15) is 5.52 Å². The molecule has 0 spiro atoms. The molecule has 9 aromatic rings. The van der Waals surface area contributed by atoms with Crippen LogP contribution in [0.2, 0.25) is 0 Å². The molecule has 0 aliphatic heterocycles. The molecular formula is C44H29N3O. The summed E-state index contributed by atoms with van der Waals surface area (Å²) in [6.07, 6.45) is 3.77. The van der Waals surface area contributed by atoms with E-state index in [4.69, 9.17) is 4.42 Å². The number of benzene rings is 7. The number of fused-ring (bicyclic) bond motifs is 3. The number of hydrogen-bond acceptors (Lipinski definition) is 4. The molecule has 0 bridgehead atoms. The molecule has 7 aromatic carbocycles. The van der Waals surface area contributed by atoms with Gasteiger partial charge < -0.3 is 9.32 Å². The highest BCUT2D eigenvalue weighted by Gasteiger charge is 2.14. The van der Waals surface area contributed by atoms with Crippen molar-refractivity contribution in [3.8, 4) is 33.7 Å². The van der Waals surface area contributed by atoms with Crippen molar-refractivity contribution in [3.05, 3.63) is 176 Å².